The molecule has 0 aromatic rings. The number of unbranched alkanes of at least 4 members (excludes halogenated alkanes) is 2. The summed E-state index contributed by atoms with van der Waals surface area (Å²) in [5.74, 6) is -0.833. The third-order valence-electron chi connectivity index (χ3n) is 2.47. The maximum Gasteiger partial charge on any atom is 0.314 e. The maximum absolute atomic E-state index is 11.4. The number of carboxylic acid groups (broad SMARTS) is 1. The van der Waals surface area contributed by atoms with Crippen LogP contribution in [-0.2, 0) is 4.79 Å². The Morgan fingerprint density at radius 2 is 1.94 bits per heavy atom. The molecule has 0 radical (unpaired) electrons. The molecule has 3 N–H and O–H groups in total. The van der Waals surface area contributed by atoms with Crippen molar-refractivity contribution in [3.05, 3.63) is 0 Å². The lowest BCUT2D eigenvalue weighted by Crippen LogP contribution is -2.41. The number of rotatable bonds is 9. The number of nitrogens with one attached hydrogen (secondary N) is 2. The molecule has 2 amide bonds. The van der Waals surface area contributed by atoms with Gasteiger partial charge in [0.05, 0.1) is 0 Å². The van der Waals surface area contributed by atoms with Crippen LogP contribution in [0.15, 0.2) is 0 Å². The molecular formula is C12H24N2O3. The standard InChI is InChI=1S/C12H24N2O3/c1-3-4-5-7-10(2)14-12(17)13-9-6-8-11(15)16/h10H,3-9H2,1-2H3,(H,15,16)(H2,13,14,17). The summed E-state index contributed by atoms with van der Waals surface area (Å²) in [4.78, 5) is 21.6. The van der Waals surface area contributed by atoms with E-state index in [1.54, 1.807) is 0 Å². The van der Waals surface area contributed by atoms with Gasteiger partial charge in [-0.1, -0.05) is 26.2 Å². The first-order valence-corrected chi connectivity index (χ1v) is 6.32. The molecule has 100 valence electrons. The molecule has 0 spiro atoms. The third-order valence-corrected chi connectivity index (χ3v) is 2.47. The van der Waals surface area contributed by atoms with E-state index in [-0.39, 0.29) is 18.5 Å². The van der Waals surface area contributed by atoms with Crippen LogP contribution in [0.1, 0.15) is 52.4 Å². The summed E-state index contributed by atoms with van der Waals surface area (Å²) in [6.45, 7) is 4.53. The lowest BCUT2D eigenvalue weighted by atomic mass is 10.1. The molecule has 0 saturated heterocycles. The molecule has 0 aliphatic carbocycles. The van der Waals surface area contributed by atoms with Gasteiger partial charge in [0.2, 0.25) is 0 Å². The average molecular weight is 244 g/mol. The van der Waals surface area contributed by atoms with E-state index in [1.165, 1.54) is 12.8 Å². The van der Waals surface area contributed by atoms with Crippen molar-refractivity contribution in [1.82, 2.24) is 10.6 Å². The van der Waals surface area contributed by atoms with Crippen LogP contribution in [0.3, 0.4) is 0 Å². The van der Waals surface area contributed by atoms with Crippen molar-refractivity contribution in [2.75, 3.05) is 6.54 Å². The minimum atomic E-state index is -0.833. The molecule has 0 aromatic carbocycles. The molecule has 5 nitrogen and oxygen atoms in total. The lowest BCUT2D eigenvalue weighted by molar-refractivity contribution is -0.137. The van der Waals surface area contributed by atoms with Gasteiger partial charge in [0.1, 0.15) is 0 Å². The highest BCUT2D eigenvalue weighted by molar-refractivity contribution is 5.74. The van der Waals surface area contributed by atoms with Crippen LogP contribution in [0.2, 0.25) is 0 Å². The number of carbonyl (C=O) groups is 2. The van der Waals surface area contributed by atoms with Gasteiger partial charge in [0.15, 0.2) is 0 Å². The molecule has 0 fully saturated rings. The third kappa shape index (κ3) is 11.0. The van der Waals surface area contributed by atoms with Crippen LogP contribution < -0.4 is 10.6 Å². The molecular weight excluding hydrogens is 220 g/mol. The van der Waals surface area contributed by atoms with Gasteiger partial charge in [-0.2, -0.15) is 0 Å². The van der Waals surface area contributed by atoms with E-state index in [0.717, 1.165) is 12.8 Å². The van der Waals surface area contributed by atoms with Gasteiger partial charge in [0, 0.05) is 19.0 Å². The van der Waals surface area contributed by atoms with E-state index in [9.17, 15) is 9.59 Å². The van der Waals surface area contributed by atoms with Crippen molar-refractivity contribution < 1.29 is 14.7 Å². The SMILES string of the molecule is CCCCCC(C)NC(=O)NCCCC(=O)O. The van der Waals surface area contributed by atoms with Crippen LogP contribution in [0.5, 0.6) is 0 Å². The summed E-state index contributed by atoms with van der Waals surface area (Å²) in [6.07, 6.45) is 5.02. The van der Waals surface area contributed by atoms with Gasteiger partial charge in [-0.3, -0.25) is 4.79 Å². The number of hydrogen-bond donors (Lipinski definition) is 3. The van der Waals surface area contributed by atoms with Crippen molar-refractivity contribution in [2.24, 2.45) is 0 Å². The number of carbonyl (C=O) groups excluding carboxylic acids is 1. The largest absolute Gasteiger partial charge is 0.481 e. The number of carboxylic acids is 1. The van der Waals surface area contributed by atoms with E-state index in [1.807, 2.05) is 6.92 Å². The van der Waals surface area contributed by atoms with Crippen molar-refractivity contribution in [1.29, 1.82) is 0 Å². The van der Waals surface area contributed by atoms with E-state index >= 15 is 0 Å². The zero-order valence-corrected chi connectivity index (χ0v) is 10.8. The fourth-order valence-corrected chi connectivity index (χ4v) is 1.49. The Kier molecular flexibility index (Phi) is 9.19. The van der Waals surface area contributed by atoms with Crippen LogP contribution in [0.4, 0.5) is 4.79 Å². The smallest absolute Gasteiger partial charge is 0.314 e. The first-order valence-electron chi connectivity index (χ1n) is 6.32. The molecule has 0 heterocycles. The number of aliphatic carboxylic acids is 1. The van der Waals surface area contributed by atoms with Crippen LogP contribution in [-0.4, -0.2) is 29.7 Å². The molecule has 0 aromatic heterocycles. The first-order chi connectivity index (χ1) is 8.06. The summed E-state index contributed by atoms with van der Waals surface area (Å²) in [5, 5.41) is 13.9. The maximum atomic E-state index is 11.4. The summed E-state index contributed by atoms with van der Waals surface area (Å²) < 4.78 is 0. The van der Waals surface area contributed by atoms with Gasteiger partial charge < -0.3 is 15.7 Å². The quantitative estimate of drug-likeness (QED) is 0.544. The highest BCUT2D eigenvalue weighted by Gasteiger charge is 2.06. The Morgan fingerprint density at radius 1 is 1.24 bits per heavy atom. The molecule has 0 bridgehead atoms. The van der Waals surface area contributed by atoms with Crippen LogP contribution >= 0.6 is 0 Å². The second kappa shape index (κ2) is 9.93. The van der Waals surface area contributed by atoms with Crippen molar-refractivity contribution in [2.45, 2.75) is 58.4 Å². The molecule has 0 aliphatic heterocycles. The molecule has 1 atom stereocenters. The Morgan fingerprint density at radius 3 is 2.53 bits per heavy atom. The summed E-state index contributed by atoms with van der Waals surface area (Å²) in [5.41, 5.74) is 0. The summed E-state index contributed by atoms with van der Waals surface area (Å²) >= 11 is 0. The topological polar surface area (TPSA) is 78.4 Å². The molecule has 0 rings (SSSR count). The number of urea groups is 1. The second-order valence-electron chi connectivity index (χ2n) is 4.29. The minimum Gasteiger partial charge on any atom is -0.481 e. The van der Waals surface area contributed by atoms with Crippen LogP contribution in [0.25, 0.3) is 0 Å². The van der Waals surface area contributed by atoms with Crippen molar-refractivity contribution >= 4 is 12.0 Å². The monoisotopic (exact) mass is 244 g/mol. The fourth-order valence-electron chi connectivity index (χ4n) is 1.49. The second-order valence-corrected chi connectivity index (χ2v) is 4.29. The normalized spacial score (nSPS) is 11.9. The predicted octanol–water partition coefficient (Wildman–Crippen LogP) is 2.12. The van der Waals surface area contributed by atoms with E-state index in [2.05, 4.69) is 17.6 Å². The molecule has 5 heteroatoms. The summed E-state index contributed by atoms with van der Waals surface area (Å²) in [6, 6.07) is -0.0413. The Bertz CT molecular complexity index is 232. The highest BCUT2D eigenvalue weighted by Crippen LogP contribution is 2.02. The zero-order chi connectivity index (χ0) is 13.1. The van der Waals surface area contributed by atoms with E-state index in [4.69, 9.17) is 5.11 Å². The zero-order valence-electron chi connectivity index (χ0n) is 10.8. The Labute approximate surface area is 103 Å². The van der Waals surface area contributed by atoms with Crippen molar-refractivity contribution in [3.63, 3.8) is 0 Å². The van der Waals surface area contributed by atoms with Gasteiger partial charge in [-0.15, -0.1) is 0 Å². The highest BCUT2D eigenvalue weighted by atomic mass is 16.4. The van der Waals surface area contributed by atoms with E-state index < -0.39 is 5.97 Å². The molecule has 1 unspecified atom stereocenters. The fraction of sp³-hybridized carbons (Fsp3) is 0.833. The van der Waals surface area contributed by atoms with Gasteiger partial charge in [-0.25, -0.2) is 4.79 Å². The first kappa shape index (κ1) is 15.7. The average Bonchev–Trinajstić information content (AvgIpc) is 2.24. The molecule has 0 aliphatic rings. The predicted molar refractivity (Wildman–Crippen MR) is 67.0 cm³/mol. The number of amides is 2. The minimum absolute atomic E-state index is 0.0896. The molecule has 17 heavy (non-hydrogen) atoms. The lowest BCUT2D eigenvalue weighted by Gasteiger charge is -2.14. The van der Waals surface area contributed by atoms with E-state index in [0.29, 0.717) is 13.0 Å². The molecule has 0 saturated carbocycles. The Balaban J connectivity index is 3.47. The van der Waals surface area contributed by atoms with Gasteiger partial charge in [0.25, 0.3) is 0 Å². The van der Waals surface area contributed by atoms with Gasteiger partial charge in [-0.05, 0) is 19.8 Å². The summed E-state index contributed by atoms with van der Waals surface area (Å²) in [7, 11) is 0. The van der Waals surface area contributed by atoms with Gasteiger partial charge >= 0.3 is 12.0 Å². The Hall–Kier alpha value is -1.26. The number of hydrogen-bond acceptors (Lipinski definition) is 2. The van der Waals surface area contributed by atoms with Crippen molar-refractivity contribution in [3.8, 4) is 0 Å². The van der Waals surface area contributed by atoms with Crippen LogP contribution in [0, 0.1) is 0 Å².